The van der Waals surface area contributed by atoms with E-state index < -0.39 is 0 Å². The number of hydrogen-bond donors (Lipinski definition) is 2. The van der Waals surface area contributed by atoms with Crippen LogP contribution < -0.4 is 5.32 Å². The molecule has 0 radical (unpaired) electrons. The van der Waals surface area contributed by atoms with Crippen molar-refractivity contribution in [3.63, 3.8) is 0 Å². The van der Waals surface area contributed by atoms with E-state index in [2.05, 4.69) is 52.4 Å². The molecule has 2 N–H and O–H groups in total. The summed E-state index contributed by atoms with van der Waals surface area (Å²) in [5.74, 6) is 1.37. The summed E-state index contributed by atoms with van der Waals surface area (Å²) >= 11 is 0. The SMILES string of the molecule is CNCCN(C)Cc1c[nH]nc1[C@H]1CC[C@@H](N(CCCOC)C(=O)CCC(C)C)CC1. The van der Waals surface area contributed by atoms with Crippen molar-refractivity contribution in [3.05, 3.63) is 17.5 Å². The second-order valence-corrected chi connectivity index (χ2v) is 9.51. The molecule has 178 valence electrons. The highest BCUT2D eigenvalue weighted by Gasteiger charge is 2.31. The molecule has 7 heteroatoms. The zero-order valence-corrected chi connectivity index (χ0v) is 20.5. The van der Waals surface area contributed by atoms with E-state index in [-0.39, 0.29) is 0 Å². The van der Waals surface area contributed by atoms with Crippen molar-refractivity contribution >= 4 is 5.91 Å². The van der Waals surface area contributed by atoms with E-state index in [1.54, 1.807) is 7.11 Å². The number of nitrogens with one attached hydrogen (secondary N) is 2. The molecular formula is C24H45N5O2. The number of aromatic amines is 1. The third-order valence-corrected chi connectivity index (χ3v) is 6.46. The van der Waals surface area contributed by atoms with Crippen LogP contribution in [0.4, 0.5) is 0 Å². The Morgan fingerprint density at radius 1 is 1.29 bits per heavy atom. The summed E-state index contributed by atoms with van der Waals surface area (Å²) in [5.41, 5.74) is 2.54. The molecule has 0 spiro atoms. The fourth-order valence-electron chi connectivity index (χ4n) is 4.58. The molecule has 1 aliphatic rings. The van der Waals surface area contributed by atoms with Crippen molar-refractivity contribution in [3.8, 4) is 0 Å². The Morgan fingerprint density at radius 3 is 2.68 bits per heavy atom. The van der Waals surface area contributed by atoms with Crippen molar-refractivity contribution < 1.29 is 9.53 Å². The lowest BCUT2D eigenvalue weighted by Gasteiger charge is -2.37. The van der Waals surface area contributed by atoms with Crippen LogP contribution >= 0.6 is 0 Å². The average molecular weight is 436 g/mol. The number of likely N-dealkylation sites (N-methyl/N-ethyl adjacent to an activating group) is 2. The summed E-state index contributed by atoms with van der Waals surface area (Å²) in [5, 5.41) is 10.9. The van der Waals surface area contributed by atoms with Gasteiger partial charge in [0.1, 0.15) is 0 Å². The predicted molar refractivity (Wildman–Crippen MR) is 126 cm³/mol. The van der Waals surface area contributed by atoms with E-state index in [4.69, 9.17) is 4.74 Å². The van der Waals surface area contributed by atoms with Gasteiger partial charge in [0.2, 0.25) is 5.91 Å². The fourth-order valence-corrected chi connectivity index (χ4v) is 4.58. The van der Waals surface area contributed by atoms with Gasteiger partial charge in [-0.15, -0.1) is 0 Å². The van der Waals surface area contributed by atoms with Crippen molar-refractivity contribution in [2.24, 2.45) is 5.92 Å². The van der Waals surface area contributed by atoms with E-state index in [1.807, 2.05) is 7.05 Å². The Bertz CT molecular complexity index is 625. The molecule has 0 saturated heterocycles. The minimum Gasteiger partial charge on any atom is -0.385 e. The van der Waals surface area contributed by atoms with Gasteiger partial charge in [0.05, 0.1) is 5.69 Å². The van der Waals surface area contributed by atoms with Gasteiger partial charge >= 0.3 is 0 Å². The number of H-pyrrole nitrogens is 1. The molecule has 1 aromatic rings. The summed E-state index contributed by atoms with van der Waals surface area (Å²) in [4.78, 5) is 17.5. The Kier molecular flexibility index (Phi) is 11.5. The minimum atomic E-state index is 0.319. The van der Waals surface area contributed by atoms with Gasteiger partial charge in [0, 0.05) is 70.0 Å². The van der Waals surface area contributed by atoms with Crippen molar-refractivity contribution in [1.82, 2.24) is 25.3 Å². The number of nitrogens with zero attached hydrogens (tertiary/aromatic N) is 3. The van der Waals surface area contributed by atoms with Crippen LogP contribution in [0.2, 0.25) is 0 Å². The lowest BCUT2D eigenvalue weighted by Crippen LogP contribution is -2.43. The van der Waals surface area contributed by atoms with Crippen molar-refractivity contribution in [2.75, 3.05) is 47.4 Å². The lowest BCUT2D eigenvalue weighted by molar-refractivity contribution is -0.134. The van der Waals surface area contributed by atoms with Gasteiger partial charge < -0.3 is 19.9 Å². The molecule has 0 bridgehead atoms. The maximum atomic E-state index is 13.0. The molecule has 1 amide bonds. The molecule has 31 heavy (non-hydrogen) atoms. The van der Waals surface area contributed by atoms with Crippen LogP contribution in [0.25, 0.3) is 0 Å². The lowest BCUT2D eigenvalue weighted by atomic mass is 9.82. The summed E-state index contributed by atoms with van der Waals surface area (Å²) in [7, 11) is 5.88. The number of aromatic nitrogens is 2. The fraction of sp³-hybridized carbons (Fsp3) is 0.833. The number of rotatable bonds is 14. The zero-order chi connectivity index (χ0) is 22.6. The van der Waals surface area contributed by atoms with Gasteiger partial charge in [-0.1, -0.05) is 13.8 Å². The maximum Gasteiger partial charge on any atom is 0.222 e. The molecular weight excluding hydrogens is 390 g/mol. The number of carbonyl (C=O) groups excluding carboxylic acids is 1. The Labute approximate surface area is 189 Å². The van der Waals surface area contributed by atoms with Crippen LogP contribution in [0.3, 0.4) is 0 Å². The molecule has 2 rings (SSSR count). The molecule has 7 nitrogen and oxygen atoms in total. The normalized spacial score (nSPS) is 19.3. The van der Waals surface area contributed by atoms with E-state index in [9.17, 15) is 4.79 Å². The Morgan fingerprint density at radius 2 is 2.03 bits per heavy atom. The first kappa shape index (κ1) is 25.8. The third kappa shape index (κ3) is 8.54. The molecule has 0 aliphatic heterocycles. The van der Waals surface area contributed by atoms with Gasteiger partial charge in [0.15, 0.2) is 0 Å². The topological polar surface area (TPSA) is 73.5 Å². The third-order valence-electron chi connectivity index (χ3n) is 6.46. The largest absolute Gasteiger partial charge is 0.385 e. The molecule has 1 aromatic heterocycles. The van der Waals surface area contributed by atoms with Gasteiger partial charge in [-0.3, -0.25) is 9.89 Å². The van der Waals surface area contributed by atoms with Crippen molar-refractivity contribution in [1.29, 1.82) is 0 Å². The van der Waals surface area contributed by atoms with Gasteiger partial charge in [-0.2, -0.15) is 5.10 Å². The molecule has 1 aliphatic carbocycles. The number of methoxy groups -OCH3 is 1. The number of carbonyl (C=O) groups is 1. The standard InChI is InChI=1S/C24H45N5O2/c1-19(2)7-12-23(30)29(14-6-16-31-5)22-10-8-20(9-11-22)24-21(17-26-27-24)18-28(4)15-13-25-3/h17,19-20,22,25H,6-16,18H2,1-5H3,(H,26,27)/t20-,22+. The van der Waals surface area contributed by atoms with E-state index in [0.29, 0.717) is 36.8 Å². The molecule has 0 unspecified atom stereocenters. The molecule has 1 fully saturated rings. The Balaban J connectivity index is 1.94. The summed E-state index contributed by atoms with van der Waals surface area (Å²) in [6.45, 7) is 8.81. The maximum absolute atomic E-state index is 13.0. The second kappa shape index (κ2) is 13.9. The molecule has 1 saturated carbocycles. The molecule has 0 atom stereocenters. The van der Waals surface area contributed by atoms with Gasteiger partial charge in [0.25, 0.3) is 0 Å². The van der Waals surface area contributed by atoms with Crippen LogP contribution in [0.15, 0.2) is 6.20 Å². The first-order valence-corrected chi connectivity index (χ1v) is 12.1. The summed E-state index contributed by atoms with van der Waals surface area (Å²) in [6.07, 6.45) is 8.91. The van der Waals surface area contributed by atoms with Crippen molar-refractivity contribution in [2.45, 2.75) is 77.3 Å². The van der Waals surface area contributed by atoms with Crippen LogP contribution in [-0.4, -0.2) is 79.4 Å². The van der Waals surface area contributed by atoms with E-state index in [0.717, 1.165) is 64.7 Å². The quantitative estimate of drug-likeness (QED) is 0.438. The average Bonchev–Trinajstić information content (AvgIpc) is 3.21. The molecule has 1 heterocycles. The van der Waals surface area contributed by atoms with Crippen LogP contribution in [0, 0.1) is 5.92 Å². The monoisotopic (exact) mass is 435 g/mol. The summed E-state index contributed by atoms with van der Waals surface area (Å²) in [6, 6.07) is 0.355. The zero-order valence-electron chi connectivity index (χ0n) is 20.5. The highest BCUT2D eigenvalue weighted by atomic mass is 16.5. The summed E-state index contributed by atoms with van der Waals surface area (Å²) < 4.78 is 5.24. The Hall–Kier alpha value is -1.44. The first-order valence-electron chi connectivity index (χ1n) is 12.1. The number of amides is 1. The number of ether oxygens (including phenoxy) is 1. The van der Waals surface area contributed by atoms with E-state index >= 15 is 0 Å². The molecule has 0 aromatic carbocycles. The highest BCUT2D eigenvalue weighted by molar-refractivity contribution is 5.76. The van der Waals surface area contributed by atoms with Gasteiger partial charge in [-0.25, -0.2) is 0 Å². The van der Waals surface area contributed by atoms with Crippen LogP contribution in [-0.2, 0) is 16.1 Å². The first-order chi connectivity index (χ1) is 15.0. The van der Waals surface area contributed by atoms with E-state index in [1.165, 1.54) is 11.3 Å². The smallest absolute Gasteiger partial charge is 0.222 e. The predicted octanol–water partition coefficient (Wildman–Crippen LogP) is 3.39. The van der Waals surface area contributed by atoms with Crippen LogP contribution in [0.1, 0.15) is 76.0 Å². The minimum absolute atomic E-state index is 0.319. The second-order valence-electron chi connectivity index (χ2n) is 9.51. The van der Waals surface area contributed by atoms with Crippen LogP contribution in [0.5, 0.6) is 0 Å². The number of hydrogen-bond acceptors (Lipinski definition) is 5. The van der Waals surface area contributed by atoms with Gasteiger partial charge in [-0.05, 0) is 58.5 Å². The highest BCUT2D eigenvalue weighted by Crippen LogP contribution is 2.36.